The molecule has 1 fully saturated rings. The Bertz CT molecular complexity index is 456. The maximum Gasteiger partial charge on any atom is 0.138 e. The number of hydrogen-bond acceptors (Lipinski definition) is 4. The second-order valence-corrected chi connectivity index (χ2v) is 6.02. The summed E-state index contributed by atoms with van der Waals surface area (Å²) in [4.78, 5) is 16.5. The second kappa shape index (κ2) is 7.90. The molecule has 0 radical (unpaired) electrons. The first-order valence-electron chi connectivity index (χ1n) is 7.41. The van der Waals surface area contributed by atoms with Crippen LogP contribution in [0.4, 0.5) is 0 Å². The Morgan fingerprint density at radius 3 is 2.29 bits per heavy atom. The normalized spacial score (nSPS) is 18.6. The van der Waals surface area contributed by atoms with E-state index in [1.807, 2.05) is 24.3 Å². The van der Waals surface area contributed by atoms with Crippen LogP contribution in [-0.2, 0) is 4.79 Å². The van der Waals surface area contributed by atoms with E-state index >= 15 is 0 Å². The summed E-state index contributed by atoms with van der Waals surface area (Å²) in [6, 6.07) is 7.56. The van der Waals surface area contributed by atoms with E-state index in [-0.39, 0.29) is 18.3 Å². The summed E-state index contributed by atoms with van der Waals surface area (Å²) in [5, 5.41) is 9.66. The number of Topliss-reactive ketones (excluding diaryl/α,β-unsaturated/α-hetero) is 1. The molecule has 1 aromatic rings. The van der Waals surface area contributed by atoms with Crippen LogP contribution in [0.15, 0.2) is 24.3 Å². The Morgan fingerprint density at radius 1 is 1.19 bits per heavy atom. The molecule has 1 N–H and O–H groups in total. The zero-order valence-electron chi connectivity index (χ0n) is 12.5. The molecule has 1 aliphatic heterocycles. The minimum atomic E-state index is -0.0911. The second-order valence-electron chi connectivity index (χ2n) is 5.58. The average Bonchev–Trinajstić information content (AvgIpc) is 2.47. The summed E-state index contributed by atoms with van der Waals surface area (Å²) in [5.41, 5.74) is 1.03. The molecule has 1 saturated heterocycles. The van der Waals surface area contributed by atoms with Gasteiger partial charge in [0.1, 0.15) is 5.78 Å². The van der Waals surface area contributed by atoms with Gasteiger partial charge >= 0.3 is 0 Å². The lowest BCUT2D eigenvalue weighted by Gasteiger charge is -2.35. The van der Waals surface area contributed by atoms with E-state index in [9.17, 15) is 4.79 Å². The number of carbonyl (C=O) groups excluding carboxylic acids is 1. The van der Waals surface area contributed by atoms with E-state index in [4.69, 9.17) is 16.7 Å². The largest absolute Gasteiger partial charge is 0.395 e. The van der Waals surface area contributed by atoms with Gasteiger partial charge in [-0.15, -0.1) is 0 Å². The van der Waals surface area contributed by atoms with Crippen molar-refractivity contribution in [1.29, 1.82) is 0 Å². The summed E-state index contributed by atoms with van der Waals surface area (Å²) in [5.74, 6) is 0.0989. The summed E-state index contributed by atoms with van der Waals surface area (Å²) in [7, 11) is 0. The lowest BCUT2D eigenvalue weighted by atomic mass is 9.94. The van der Waals surface area contributed by atoms with Crippen molar-refractivity contribution < 1.29 is 9.90 Å². The Morgan fingerprint density at radius 2 is 1.76 bits per heavy atom. The van der Waals surface area contributed by atoms with Gasteiger partial charge in [-0.25, -0.2) is 0 Å². The smallest absolute Gasteiger partial charge is 0.138 e. The summed E-state index contributed by atoms with van der Waals surface area (Å²) in [6.07, 6.45) is 0. The molecular weight excluding hydrogens is 288 g/mol. The van der Waals surface area contributed by atoms with Crippen LogP contribution >= 0.6 is 11.6 Å². The quantitative estimate of drug-likeness (QED) is 0.867. The van der Waals surface area contributed by atoms with Gasteiger partial charge in [0, 0.05) is 44.3 Å². The van der Waals surface area contributed by atoms with Crippen LogP contribution in [-0.4, -0.2) is 66.6 Å². The number of rotatable bonds is 6. The monoisotopic (exact) mass is 310 g/mol. The van der Waals surface area contributed by atoms with Gasteiger partial charge < -0.3 is 5.11 Å². The molecule has 1 aromatic carbocycles. The molecule has 0 saturated carbocycles. The van der Waals surface area contributed by atoms with Crippen molar-refractivity contribution >= 4 is 17.4 Å². The predicted octanol–water partition coefficient (Wildman–Crippen LogP) is 1.62. The zero-order valence-corrected chi connectivity index (χ0v) is 13.2. The van der Waals surface area contributed by atoms with Crippen LogP contribution in [0.3, 0.4) is 0 Å². The van der Waals surface area contributed by atoms with Gasteiger partial charge in [0.15, 0.2) is 0 Å². The molecule has 0 aromatic heterocycles. The number of hydrogen-bond donors (Lipinski definition) is 1. The van der Waals surface area contributed by atoms with Crippen LogP contribution in [0.25, 0.3) is 0 Å². The molecule has 0 bridgehead atoms. The van der Waals surface area contributed by atoms with Gasteiger partial charge in [0.2, 0.25) is 0 Å². The van der Waals surface area contributed by atoms with E-state index in [1.165, 1.54) is 0 Å². The minimum absolute atomic E-state index is 0.0911. The molecule has 0 amide bonds. The standard InChI is InChI=1S/C16H23ClN2O2/c1-13(21)16(14-2-4-15(17)5-3-14)12-19-8-6-18(7-9-19)10-11-20/h2-5,16,20H,6-12H2,1H3/t16-/m0/s1. The molecule has 21 heavy (non-hydrogen) atoms. The van der Waals surface area contributed by atoms with Crippen molar-refractivity contribution in [3.05, 3.63) is 34.9 Å². The Hall–Kier alpha value is -0.940. The van der Waals surface area contributed by atoms with Crippen molar-refractivity contribution in [2.75, 3.05) is 45.9 Å². The number of nitrogens with zero attached hydrogens (tertiary/aromatic N) is 2. The van der Waals surface area contributed by atoms with Crippen LogP contribution in [0.2, 0.25) is 5.02 Å². The van der Waals surface area contributed by atoms with Crippen LogP contribution < -0.4 is 0 Å². The molecule has 4 nitrogen and oxygen atoms in total. The van der Waals surface area contributed by atoms with Crippen molar-refractivity contribution in [3.63, 3.8) is 0 Å². The van der Waals surface area contributed by atoms with Crippen molar-refractivity contribution in [3.8, 4) is 0 Å². The van der Waals surface area contributed by atoms with E-state index in [2.05, 4.69) is 9.80 Å². The zero-order chi connectivity index (χ0) is 15.2. The number of carbonyl (C=O) groups is 1. The number of β-amino-alcohol motifs (C(OH)–C–C–N with tert-alkyl or cyclic N) is 1. The molecule has 0 spiro atoms. The van der Waals surface area contributed by atoms with Crippen LogP contribution in [0.5, 0.6) is 0 Å². The van der Waals surface area contributed by atoms with Crippen LogP contribution in [0, 0.1) is 0 Å². The molecule has 1 atom stereocenters. The molecule has 1 aliphatic rings. The third-order valence-electron chi connectivity index (χ3n) is 4.09. The summed E-state index contributed by atoms with van der Waals surface area (Å²) in [6.45, 7) is 7.14. The van der Waals surface area contributed by atoms with Gasteiger partial charge in [-0.2, -0.15) is 0 Å². The fourth-order valence-corrected chi connectivity index (χ4v) is 2.88. The molecule has 1 heterocycles. The molecule has 2 rings (SSSR count). The van der Waals surface area contributed by atoms with Gasteiger partial charge in [-0.3, -0.25) is 14.6 Å². The number of halogens is 1. The van der Waals surface area contributed by atoms with E-state index in [0.29, 0.717) is 5.02 Å². The molecule has 0 unspecified atom stereocenters. The number of aliphatic hydroxyl groups is 1. The van der Waals surface area contributed by atoms with Gasteiger partial charge in [0.05, 0.1) is 12.5 Å². The van der Waals surface area contributed by atoms with Crippen molar-refractivity contribution in [2.45, 2.75) is 12.8 Å². The Balaban J connectivity index is 1.95. The fraction of sp³-hybridized carbons (Fsp3) is 0.562. The van der Waals surface area contributed by atoms with Crippen LogP contribution in [0.1, 0.15) is 18.4 Å². The highest BCUT2D eigenvalue weighted by atomic mass is 35.5. The number of piperazine rings is 1. The molecule has 0 aliphatic carbocycles. The van der Waals surface area contributed by atoms with Gasteiger partial charge in [0.25, 0.3) is 0 Å². The lowest BCUT2D eigenvalue weighted by Crippen LogP contribution is -2.48. The highest BCUT2D eigenvalue weighted by Gasteiger charge is 2.23. The third-order valence-corrected chi connectivity index (χ3v) is 4.34. The Kier molecular flexibility index (Phi) is 6.18. The fourth-order valence-electron chi connectivity index (χ4n) is 2.76. The summed E-state index contributed by atoms with van der Waals surface area (Å²) >= 11 is 5.91. The topological polar surface area (TPSA) is 43.8 Å². The third kappa shape index (κ3) is 4.78. The molecule has 5 heteroatoms. The minimum Gasteiger partial charge on any atom is -0.395 e. The average molecular weight is 311 g/mol. The summed E-state index contributed by atoms with van der Waals surface area (Å²) < 4.78 is 0. The highest BCUT2D eigenvalue weighted by molar-refractivity contribution is 6.30. The number of benzene rings is 1. The maximum absolute atomic E-state index is 12.0. The van der Waals surface area contributed by atoms with Gasteiger partial charge in [-0.1, -0.05) is 23.7 Å². The first-order valence-corrected chi connectivity index (χ1v) is 7.79. The lowest BCUT2D eigenvalue weighted by molar-refractivity contribution is -0.119. The maximum atomic E-state index is 12.0. The highest BCUT2D eigenvalue weighted by Crippen LogP contribution is 2.21. The Labute approximate surface area is 131 Å². The van der Waals surface area contributed by atoms with Crippen molar-refractivity contribution in [2.24, 2.45) is 0 Å². The predicted molar refractivity (Wildman–Crippen MR) is 84.8 cm³/mol. The first-order chi connectivity index (χ1) is 10.1. The number of aliphatic hydroxyl groups excluding tert-OH is 1. The number of ketones is 1. The molecule has 116 valence electrons. The van der Waals surface area contributed by atoms with E-state index < -0.39 is 0 Å². The van der Waals surface area contributed by atoms with Crippen molar-refractivity contribution in [1.82, 2.24) is 9.80 Å². The van der Waals surface area contributed by atoms with E-state index in [0.717, 1.165) is 44.8 Å². The first kappa shape index (κ1) is 16.4. The SMILES string of the molecule is CC(=O)[C@H](CN1CCN(CCO)CC1)c1ccc(Cl)cc1. The van der Waals surface area contributed by atoms with E-state index in [1.54, 1.807) is 6.92 Å². The molecular formula is C16H23ClN2O2. The van der Waals surface area contributed by atoms with Gasteiger partial charge in [-0.05, 0) is 24.6 Å².